The molecule has 0 spiro atoms. The van der Waals surface area contributed by atoms with Gasteiger partial charge in [0, 0.05) is 23.9 Å². The fraction of sp³-hybridized carbons (Fsp3) is 0.462. The number of carbonyl (C=O) groups is 1. The van der Waals surface area contributed by atoms with E-state index in [9.17, 15) is 14.9 Å². The van der Waals surface area contributed by atoms with Crippen LogP contribution in [0.2, 0.25) is 0 Å². The molecule has 1 aliphatic carbocycles. The number of benzene rings is 1. The molecule has 1 aromatic carbocycles. The molecule has 1 aliphatic rings. The first kappa shape index (κ1) is 13.3. The van der Waals surface area contributed by atoms with Crippen LogP contribution in [0.25, 0.3) is 0 Å². The summed E-state index contributed by atoms with van der Waals surface area (Å²) in [5, 5.41) is 23.0. The highest BCUT2D eigenvalue weighted by molar-refractivity contribution is 5.72. The van der Waals surface area contributed by atoms with E-state index in [-0.39, 0.29) is 17.6 Å². The number of aliphatic carboxylic acids is 1. The van der Waals surface area contributed by atoms with Gasteiger partial charge in [0.2, 0.25) is 0 Å². The number of carboxylic acid groups (broad SMARTS) is 1. The number of nitro groups is 1. The Bertz CT molecular complexity index is 515. The topological polar surface area (TPSA) is 92.5 Å². The summed E-state index contributed by atoms with van der Waals surface area (Å²) in [6.45, 7) is 1.78. The van der Waals surface area contributed by atoms with E-state index in [0.717, 1.165) is 24.1 Å². The van der Waals surface area contributed by atoms with Crippen molar-refractivity contribution in [3.05, 3.63) is 33.9 Å². The lowest BCUT2D eigenvalue weighted by Gasteiger charge is -2.20. The molecule has 1 aromatic rings. The normalized spacial score (nSPS) is 22.2. The van der Waals surface area contributed by atoms with Gasteiger partial charge in [0.05, 0.1) is 10.8 Å². The molecule has 0 amide bonds. The summed E-state index contributed by atoms with van der Waals surface area (Å²) in [5.41, 5.74) is 1.57. The molecule has 0 heterocycles. The van der Waals surface area contributed by atoms with Crippen LogP contribution < -0.4 is 5.32 Å². The second-order valence-corrected chi connectivity index (χ2v) is 4.88. The highest BCUT2D eigenvalue weighted by atomic mass is 16.6. The van der Waals surface area contributed by atoms with Crippen molar-refractivity contribution < 1.29 is 14.8 Å². The van der Waals surface area contributed by atoms with Crippen molar-refractivity contribution in [2.45, 2.75) is 32.2 Å². The number of aryl methyl sites for hydroxylation is 1. The van der Waals surface area contributed by atoms with Crippen LogP contribution in [-0.4, -0.2) is 22.0 Å². The number of rotatable bonds is 4. The Hall–Kier alpha value is -2.11. The number of hydrogen-bond acceptors (Lipinski definition) is 4. The summed E-state index contributed by atoms with van der Waals surface area (Å²) in [4.78, 5) is 21.3. The number of hydrogen-bond donors (Lipinski definition) is 2. The first-order chi connectivity index (χ1) is 8.99. The largest absolute Gasteiger partial charge is 0.481 e. The van der Waals surface area contributed by atoms with Gasteiger partial charge in [-0.25, -0.2) is 0 Å². The van der Waals surface area contributed by atoms with Crippen LogP contribution in [0.1, 0.15) is 24.8 Å². The van der Waals surface area contributed by atoms with Gasteiger partial charge in [-0.3, -0.25) is 14.9 Å². The van der Waals surface area contributed by atoms with Crippen molar-refractivity contribution in [2.24, 2.45) is 5.92 Å². The number of nitro benzene ring substituents is 1. The first-order valence-electron chi connectivity index (χ1n) is 6.23. The number of non-ortho nitro benzene ring substituents is 1. The van der Waals surface area contributed by atoms with E-state index in [1.807, 2.05) is 0 Å². The molecular weight excluding hydrogens is 248 g/mol. The van der Waals surface area contributed by atoms with Gasteiger partial charge < -0.3 is 10.4 Å². The van der Waals surface area contributed by atoms with E-state index in [0.29, 0.717) is 6.42 Å². The Kier molecular flexibility index (Phi) is 3.69. The third kappa shape index (κ3) is 2.83. The molecule has 0 aromatic heterocycles. The van der Waals surface area contributed by atoms with Gasteiger partial charge in [0.15, 0.2) is 0 Å². The molecule has 2 N–H and O–H groups in total. The van der Waals surface area contributed by atoms with Crippen LogP contribution in [0.5, 0.6) is 0 Å². The fourth-order valence-electron chi connectivity index (χ4n) is 2.55. The fourth-order valence-corrected chi connectivity index (χ4v) is 2.55. The van der Waals surface area contributed by atoms with Crippen molar-refractivity contribution in [3.8, 4) is 0 Å². The van der Waals surface area contributed by atoms with Gasteiger partial charge in [-0.1, -0.05) is 6.42 Å². The van der Waals surface area contributed by atoms with E-state index in [4.69, 9.17) is 5.11 Å². The Morgan fingerprint density at radius 3 is 2.79 bits per heavy atom. The lowest BCUT2D eigenvalue weighted by molar-refractivity contribution is -0.384. The van der Waals surface area contributed by atoms with E-state index in [1.165, 1.54) is 12.1 Å². The van der Waals surface area contributed by atoms with Crippen molar-refractivity contribution in [3.63, 3.8) is 0 Å². The van der Waals surface area contributed by atoms with Crippen LogP contribution >= 0.6 is 0 Å². The van der Waals surface area contributed by atoms with Crippen molar-refractivity contribution in [2.75, 3.05) is 5.32 Å². The van der Waals surface area contributed by atoms with Gasteiger partial charge in [0.1, 0.15) is 0 Å². The van der Waals surface area contributed by atoms with Crippen LogP contribution in [0.3, 0.4) is 0 Å². The van der Waals surface area contributed by atoms with Crippen molar-refractivity contribution in [1.82, 2.24) is 0 Å². The van der Waals surface area contributed by atoms with Gasteiger partial charge in [-0.2, -0.15) is 0 Å². The van der Waals surface area contributed by atoms with Crippen LogP contribution in [0, 0.1) is 23.0 Å². The zero-order chi connectivity index (χ0) is 14.0. The molecule has 0 aliphatic heterocycles. The Morgan fingerprint density at radius 2 is 2.21 bits per heavy atom. The second-order valence-electron chi connectivity index (χ2n) is 4.88. The zero-order valence-corrected chi connectivity index (χ0v) is 10.6. The molecule has 2 unspecified atom stereocenters. The van der Waals surface area contributed by atoms with Gasteiger partial charge in [-0.15, -0.1) is 0 Å². The molecular formula is C13H16N2O4. The highest BCUT2D eigenvalue weighted by Crippen LogP contribution is 2.30. The summed E-state index contributed by atoms with van der Waals surface area (Å²) in [6, 6.07) is 4.47. The molecule has 19 heavy (non-hydrogen) atoms. The average molecular weight is 264 g/mol. The smallest absolute Gasteiger partial charge is 0.308 e. The summed E-state index contributed by atoms with van der Waals surface area (Å²) >= 11 is 0. The maximum absolute atomic E-state index is 11.1. The summed E-state index contributed by atoms with van der Waals surface area (Å²) in [7, 11) is 0. The van der Waals surface area contributed by atoms with Gasteiger partial charge in [0.25, 0.3) is 5.69 Å². The molecule has 0 saturated heterocycles. The summed E-state index contributed by atoms with van der Waals surface area (Å²) < 4.78 is 0. The van der Waals surface area contributed by atoms with E-state index in [2.05, 4.69) is 5.32 Å². The first-order valence-corrected chi connectivity index (χ1v) is 6.23. The molecule has 0 bridgehead atoms. The molecule has 2 rings (SSSR count). The minimum atomic E-state index is -0.783. The lowest BCUT2D eigenvalue weighted by atomic mass is 10.0. The minimum absolute atomic E-state index is 0.0456. The number of carboxylic acids is 1. The maximum atomic E-state index is 11.1. The van der Waals surface area contributed by atoms with E-state index in [1.54, 1.807) is 13.0 Å². The maximum Gasteiger partial charge on any atom is 0.308 e. The molecule has 6 heteroatoms. The van der Waals surface area contributed by atoms with Crippen molar-refractivity contribution in [1.29, 1.82) is 0 Å². The summed E-state index contributed by atoms with van der Waals surface area (Å²) in [5.74, 6) is -1.16. The molecule has 1 fully saturated rings. The predicted octanol–water partition coefficient (Wildman–Crippen LogP) is 2.57. The van der Waals surface area contributed by atoms with E-state index < -0.39 is 10.9 Å². The SMILES string of the molecule is Cc1cc([N+](=O)[O-])ccc1NC1CCCC1C(=O)O. The van der Waals surface area contributed by atoms with Crippen LogP contribution in [0.4, 0.5) is 11.4 Å². The Balaban J connectivity index is 2.15. The third-order valence-electron chi connectivity index (χ3n) is 3.59. The number of nitrogens with one attached hydrogen (secondary N) is 1. The predicted molar refractivity (Wildman–Crippen MR) is 70.2 cm³/mol. The lowest BCUT2D eigenvalue weighted by Crippen LogP contribution is -2.29. The van der Waals surface area contributed by atoms with Crippen LogP contribution in [0.15, 0.2) is 18.2 Å². The molecule has 1 saturated carbocycles. The minimum Gasteiger partial charge on any atom is -0.481 e. The highest BCUT2D eigenvalue weighted by Gasteiger charge is 2.33. The zero-order valence-electron chi connectivity index (χ0n) is 10.6. The Labute approximate surface area is 110 Å². The molecule has 6 nitrogen and oxygen atoms in total. The molecule has 2 atom stereocenters. The number of nitrogens with zero attached hydrogens (tertiary/aromatic N) is 1. The van der Waals surface area contributed by atoms with E-state index >= 15 is 0 Å². The molecule has 0 radical (unpaired) electrons. The third-order valence-corrected chi connectivity index (χ3v) is 3.59. The van der Waals surface area contributed by atoms with Crippen LogP contribution in [-0.2, 0) is 4.79 Å². The Morgan fingerprint density at radius 1 is 1.47 bits per heavy atom. The standard InChI is InChI=1S/C13H16N2O4/c1-8-7-9(15(18)19)5-6-11(8)14-12-4-2-3-10(12)13(16)17/h5-7,10,12,14H,2-4H2,1H3,(H,16,17). The summed E-state index contributed by atoms with van der Waals surface area (Å²) in [6.07, 6.45) is 2.38. The molecule has 102 valence electrons. The monoisotopic (exact) mass is 264 g/mol. The van der Waals surface area contributed by atoms with Gasteiger partial charge >= 0.3 is 5.97 Å². The number of anilines is 1. The second kappa shape index (κ2) is 5.26. The quantitative estimate of drug-likeness (QED) is 0.644. The van der Waals surface area contributed by atoms with Crippen molar-refractivity contribution >= 4 is 17.3 Å². The van der Waals surface area contributed by atoms with Gasteiger partial charge in [-0.05, 0) is 31.4 Å². The average Bonchev–Trinajstić information content (AvgIpc) is 2.79.